The normalized spacial score (nSPS) is 23.1. The lowest BCUT2D eigenvalue weighted by Gasteiger charge is -2.31. The molecule has 0 aromatic carbocycles. The van der Waals surface area contributed by atoms with Crippen LogP contribution in [-0.4, -0.2) is 59.9 Å². The number of hydrogen-bond donors (Lipinski definition) is 1. The van der Waals surface area contributed by atoms with Crippen LogP contribution in [0.4, 0.5) is 0 Å². The van der Waals surface area contributed by atoms with Gasteiger partial charge in [-0.15, -0.1) is 0 Å². The molecule has 1 aliphatic heterocycles. The number of carbonyl (C=O) groups excluding carboxylic acids is 1. The van der Waals surface area contributed by atoms with Crippen molar-refractivity contribution in [1.29, 1.82) is 0 Å². The predicted molar refractivity (Wildman–Crippen MR) is 87.3 cm³/mol. The van der Waals surface area contributed by atoms with E-state index in [2.05, 4.69) is 31.0 Å². The minimum absolute atomic E-state index is 0.0347. The molecule has 2 aliphatic rings. The maximum absolute atomic E-state index is 12.8. The highest BCUT2D eigenvalue weighted by atomic mass is 16.4. The Hall–Kier alpha value is -1.82. The van der Waals surface area contributed by atoms with Gasteiger partial charge in [0.1, 0.15) is 5.76 Å². The van der Waals surface area contributed by atoms with E-state index in [-0.39, 0.29) is 11.3 Å². The first kappa shape index (κ1) is 16.1. The van der Waals surface area contributed by atoms with Crippen LogP contribution in [0.5, 0.6) is 0 Å². The topological polar surface area (TPSA) is 69.3 Å². The molecule has 1 saturated heterocycles. The lowest BCUT2D eigenvalue weighted by atomic mass is 9.75. The van der Waals surface area contributed by atoms with Crippen LogP contribution in [0.2, 0.25) is 0 Å². The van der Waals surface area contributed by atoms with Crippen LogP contribution >= 0.6 is 0 Å². The fourth-order valence-electron chi connectivity index (χ4n) is 3.56. The number of piperazine rings is 1. The number of oxime groups is 1. The molecule has 3 rings (SSSR count). The van der Waals surface area contributed by atoms with Crippen molar-refractivity contribution in [3.05, 3.63) is 22.6 Å². The quantitative estimate of drug-likeness (QED) is 0.636. The van der Waals surface area contributed by atoms with Crippen molar-refractivity contribution in [1.82, 2.24) is 9.80 Å². The Morgan fingerprint density at radius 1 is 1.22 bits per heavy atom. The molecule has 6 nitrogen and oxygen atoms in total. The Labute approximate surface area is 136 Å². The molecule has 0 radical (unpaired) electrons. The summed E-state index contributed by atoms with van der Waals surface area (Å²) in [6.07, 6.45) is 1.43. The predicted octanol–water partition coefficient (Wildman–Crippen LogP) is 2.13. The molecule has 23 heavy (non-hydrogen) atoms. The van der Waals surface area contributed by atoms with Crippen LogP contribution in [0.1, 0.15) is 47.7 Å². The van der Waals surface area contributed by atoms with Crippen molar-refractivity contribution in [2.24, 2.45) is 10.6 Å². The zero-order chi connectivity index (χ0) is 16.8. The van der Waals surface area contributed by atoms with Gasteiger partial charge in [0.05, 0.1) is 5.71 Å². The van der Waals surface area contributed by atoms with E-state index in [0.29, 0.717) is 31.0 Å². The van der Waals surface area contributed by atoms with Crippen molar-refractivity contribution >= 4 is 11.6 Å². The van der Waals surface area contributed by atoms with Crippen LogP contribution in [0.3, 0.4) is 0 Å². The van der Waals surface area contributed by atoms with Gasteiger partial charge in [0.15, 0.2) is 5.76 Å². The zero-order valence-electron chi connectivity index (χ0n) is 14.3. The summed E-state index contributed by atoms with van der Waals surface area (Å²) in [4.78, 5) is 16.9. The maximum Gasteiger partial charge on any atom is 0.289 e. The fraction of sp³-hybridized carbons (Fsp3) is 0.647. The van der Waals surface area contributed by atoms with Crippen molar-refractivity contribution in [3.8, 4) is 0 Å². The van der Waals surface area contributed by atoms with Gasteiger partial charge in [-0.05, 0) is 25.8 Å². The third-order valence-corrected chi connectivity index (χ3v) is 4.90. The molecule has 0 unspecified atom stereocenters. The molecule has 1 aromatic heterocycles. The van der Waals surface area contributed by atoms with E-state index in [1.54, 1.807) is 0 Å². The van der Waals surface area contributed by atoms with Gasteiger partial charge in [-0.25, -0.2) is 0 Å². The molecule has 1 aliphatic carbocycles. The van der Waals surface area contributed by atoms with E-state index in [1.807, 2.05) is 11.8 Å². The van der Waals surface area contributed by atoms with Crippen LogP contribution in [0.25, 0.3) is 0 Å². The second kappa shape index (κ2) is 5.67. The average Bonchev–Trinajstić information content (AvgIpc) is 2.82. The summed E-state index contributed by atoms with van der Waals surface area (Å²) in [6.45, 7) is 9.29. The van der Waals surface area contributed by atoms with Crippen LogP contribution in [0, 0.1) is 12.3 Å². The van der Waals surface area contributed by atoms with Crippen LogP contribution < -0.4 is 0 Å². The van der Waals surface area contributed by atoms with Crippen molar-refractivity contribution in [3.63, 3.8) is 0 Å². The van der Waals surface area contributed by atoms with Gasteiger partial charge in [-0.3, -0.25) is 4.79 Å². The van der Waals surface area contributed by atoms with E-state index in [0.717, 1.165) is 36.4 Å². The van der Waals surface area contributed by atoms with Gasteiger partial charge in [0, 0.05) is 43.7 Å². The molecule has 1 N–H and O–H groups in total. The Balaban J connectivity index is 1.94. The van der Waals surface area contributed by atoms with Crippen LogP contribution in [0.15, 0.2) is 9.57 Å². The highest BCUT2D eigenvalue weighted by molar-refractivity contribution is 6.06. The van der Waals surface area contributed by atoms with Gasteiger partial charge >= 0.3 is 0 Å². The number of likely N-dealkylation sites (N-methyl/N-ethyl adjacent to an activating group) is 1. The number of carbonyl (C=O) groups is 1. The third kappa shape index (κ3) is 2.87. The smallest absolute Gasteiger partial charge is 0.289 e. The summed E-state index contributed by atoms with van der Waals surface area (Å²) in [5, 5.41) is 12.8. The minimum atomic E-state index is -0.0555. The summed E-state index contributed by atoms with van der Waals surface area (Å²) in [7, 11) is 2.06. The largest absolute Gasteiger partial charge is 0.455 e. The number of furan rings is 1. The van der Waals surface area contributed by atoms with Gasteiger partial charge < -0.3 is 19.4 Å². The highest BCUT2D eigenvalue weighted by Gasteiger charge is 2.37. The minimum Gasteiger partial charge on any atom is -0.455 e. The van der Waals surface area contributed by atoms with E-state index in [9.17, 15) is 10.0 Å². The Morgan fingerprint density at radius 2 is 1.87 bits per heavy atom. The van der Waals surface area contributed by atoms with Gasteiger partial charge in [0.2, 0.25) is 0 Å². The number of amides is 1. The molecule has 0 saturated carbocycles. The zero-order valence-corrected chi connectivity index (χ0v) is 14.3. The van der Waals surface area contributed by atoms with Crippen molar-refractivity contribution < 1.29 is 14.4 Å². The number of nitrogens with zero attached hydrogens (tertiary/aromatic N) is 3. The Bertz CT molecular complexity index is 652. The SMILES string of the molecule is Cc1c(C(=O)N2CCN(C)CC2)oc2c1/C(=N\O)CC(C)(C)C2. The van der Waals surface area contributed by atoms with E-state index >= 15 is 0 Å². The first-order valence-corrected chi connectivity index (χ1v) is 8.14. The summed E-state index contributed by atoms with van der Waals surface area (Å²) >= 11 is 0. The Morgan fingerprint density at radius 3 is 2.48 bits per heavy atom. The number of hydrogen-bond acceptors (Lipinski definition) is 5. The molecule has 0 spiro atoms. The lowest BCUT2D eigenvalue weighted by molar-refractivity contribution is 0.0628. The molecule has 2 heterocycles. The molecular formula is C17H25N3O3. The fourth-order valence-corrected chi connectivity index (χ4v) is 3.56. The summed E-state index contributed by atoms with van der Waals surface area (Å²) in [5.74, 6) is 1.11. The van der Waals surface area contributed by atoms with Crippen molar-refractivity contribution in [2.45, 2.75) is 33.6 Å². The molecule has 0 bridgehead atoms. The Kier molecular flexibility index (Phi) is 3.96. The van der Waals surface area contributed by atoms with E-state index in [1.165, 1.54) is 0 Å². The molecule has 6 heteroatoms. The van der Waals surface area contributed by atoms with Gasteiger partial charge in [0.25, 0.3) is 5.91 Å². The van der Waals surface area contributed by atoms with Crippen molar-refractivity contribution in [2.75, 3.05) is 33.2 Å². The first-order chi connectivity index (χ1) is 10.8. The average molecular weight is 319 g/mol. The van der Waals surface area contributed by atoms with E-state index in [4.69, 9.17) is 4.42 Å². The van der Waals surface area contributed by atoms with E-state index < -0.39 is 0 Å². The summed E-state index contributed by atoms with van der Waals surface area (Å²) < 4.78 is 5.95. The van der Waals surface area contributed by atoms with Crippen LogP contribution in [-0.2, 0) is 6.42 Å². The molecule has 126 valence electrons. The molecular weight excluding hydrogens is 294 g/mol. The molecule has 1 amide bonds. The molecule has 1 aromatic rings. The number of rotatable bonds is 1. The van der Waals surface area contributed by atoms with Gasteiger partial charge in [-0.1, -0.05) is 19.0 Å². The third-order valence-electron chi connectivity index (χ3n) is 4.90. The highest BCUT2D eigenvalue weighted by Crippen LogP contribution is 2.39. The standard InChI is InChI=1S/C17H25N3O3/c1-11-14-12(18-22)9-17(2,3)10-13(14)23-15(11)16(21)20-7-5-19(4)6-8-20/h22H,5-10H2,1-4H3/b18-12-. The second-order valence-electron chi connectivity index (χ2n) is 7.51. The second-order valence-corrected chi connectivity index (χ2v) is 7.51. The monoisotopic (exact) mass is 319 g/mol. The lowest BCUT2D eigenvalue weighted by Crippen LogP contribution is -2.47. The number of fused-ring (bicyclic) bond motifs is 1. The summed E-state index contributed by atoms with van der Waals surface area (Å²) in [5.41, 5.74) is 2.21. The summed E-state index contributed by atoms with van der Waals surface area (Å²) in [6, 6.07) is 0. The van der Waals surface area contributed by atoms with Gasteiger partial charge in [-0.2, -0.15) is 0 Å². The maximum atomic E-state index is 12.8. The molecule has 1 fully saturated rings. The first-order valence-electron chi connectivity index (χ1n) is 8.14. The molecule has 0 atom stereocenters.